The molecular formula is C14H20BrN3O2S. The van der Waals surface area contributed by atoms with Crippen molar-refractivity contribution in [1.82, 2.24) is 9.21 Å². The zero-order valence-electron chi connectivity index (χ0n) is 12.0. The van der Waals surface area contributed by atoms with Gasteiger partial charge in [-0.3, -0.25) is 4.90 Å². The summed E-state index contributed by atoms with van der Waals surface area (Å²) in [5.41, 5.74) is 7.05. The minimum absolute atomic E-state index is 0.320. The summed E-state index contributed by atoms with van der Waals surface area (Å²) >= 11 is 3.34. The molecule has 1 atom stereocenters. The number of fused-ring (bicyclic) bond motifs is 1. The van der Waals surface area contributed by atoms with Gasteiger partial charge in [0.25, 0.3) is 0 Å². The van der Waals surface area contributed by atoms with Crippen LogP contribution in [0.3, 0.4) is 0 Å². The zero-order chi connectivity index (χ0) is 15.2. The number of rotatable bonds is 2. The number of nitrogens with two attached hydrogens (primary N) is 1. The Balaban J connectivity index is 1.94. The number of sulfonamides is 1. The summed E-state index contributed by atoms with van der Waals surface area (Å²) in [5.74, 6) is 0. The third kappa shape index (κ3) is 2.72. The quantitative estimate of drug-likeness (QED) is 0.802. The first-order chi connectivity index (χ1) is 9.89. The summed E-state index contributed by atoms with van der Waals surface area (Å²) in [7, 11) is -3.48. The van der Waals surface area contributed by atoms with Crippen molar-refractivity contribution in [2.24, 2.45) is 0 Å². The summed E-state index contributed by atoms with van der Waals surface area (Å²) in [6, 6.07) is 3.77. The minimum Gasteiger partial charge on any atom is -0.398 e. The highest BCUT2D eigenvalue weighted by atomic mass is 79.9. The van der Waals surface area contributed by atoms with Gasteiger partial charge in [0.05, 0.1) is 4.90 Å². The molecule has 2 aliphatic rings. The van der Waals surface area contributed by atoms with E-state index in [0.29, 0.717) is 39.8 Å². The average Bonchev–Trinajstić information content (AvgIpc) is 2.89. The molecule has 1 unspecified atom stereocenters. The maximum absolute atomic E-state index is 12.9. The lowest BCUT2D eigenvalue weighted by molar-refractivity contribution is 0.158. The number of nitrogen functional groups attached to an aromatic ring is 1. The topological polar surface area (TPSA) is 66.6 Å². The number of piperazine rings is 1. The van der Waals surface area contributed by atoms with Gasteiger partial charge in [0.1, 0.15) is 0 Å². The summed E-state index contributed by atoms with van der Waals surface area (Å²) < 4.78 is 28.2. The molecule has 1 aromatic rings. The van der Waals surface area contributed by atoms with Gasteiger partial charge in [0.15, 0.2) is 0 Å². The molecule has 2 heterocycles. The number of hydrogen-bond donors (Lipinski definition) is 1. The van der Waals surface area contributed by atoms with Crippen molar-refractivity contribution in [3.8, 4) is 0 Å². The van der Waals surface area contributed by atoms with Crippen molar-refractivity contribution < 1.29 is 8.42 Å². The summed E-state index contributed by atoms with van der Waals surface area (Å²) in [5, 5.41) is 0. The second-order valence-electron chi connectivity index (χ2n) is 5.81. The van der Waals surface area contributed by atoms with E-state index >= 15 is 0 Å². The third-order valence-corrected chi connectivity index (χ3v) is 6.98. The van der Waals surface area contributed by atoms with Gasteiger partial charge in [0, 0.05) is 35.8 Å². The normalized spacial score (nSPS) is 24.2. The Morgan fingerprint density at radius 3 is 2.81 bits per heavy atom. The van der Waals surface area contributed by atoms with Gasteiger partial charge in [-0.05, 0) is 44.0 Å². The van der Waals surface area contributed by atoms with Crippen LogP contribution in [0.1, 0.15) is 18.4 Å². The first-order valence-electron chi connectivity index (χ1n) is 7.19. The first-order valence-corrected chi connectivity index (χ1v) is 9.43. The highest BCUT2D eigenvalue weighted by molar-refractivity contribution is 9.10. The summed E-state index contributed by atoms with van der Waals surface area (Å²) in [6.45, 7) is 4.84. The second-order valence-corrected chi connectivity index (χ2v) is 8.64. The molecular weight excluding hydrogens is 354 g/mol. The molecule has 0 aromatic heterocycles. The van der Waals surface area contributed by atoms with Crippen LogP contribution >= 0.6 is 15.9 Å². The molecule has 116 valence electrons. The van der Waals surface area contributed by atoms with E-state index in [9.17, 15) is 8.42 Å². The van der Waals surface area contributed by atoms with Gasteiger partial charge in [-0.25, -0.2) is 8.42 Å². The van der Waals surface area contributed by atoms with E-state index in [-0.39, 0.29) is 0 Å². The Bertz CT molecular complexity index is 662. The predicted molar refractivity (Wildman–Crippen MR) is 86.6 cm³/mol. The second kappa shape index (κ2) is 5.53. The van der Waals surface area contributed by atoms with E-state index in [1.807, 2.05) is 0 Å². The van der Waals surface area contributed by atoms with E-state index in [2.05, 4.69) is 20.8 Å². The van der Waals surface area contributed by atoms with Gasteiger partial charge in [-0.2, -0.15) is 4.31 Å². The van der Waals surface area contributed by atoms with Crippen molar-refractivity contribution in [2.75, 3.05) is 31.9 Å². The number of anilines is 1. The third-order valence-electron chi connectivity index (χ3n) is 4.53. The first kappa shape index (κ1) is 15.3. The average molecular weight is 374 g/mol. The molecule has 0 spiro atoms. The van der Waals surface area contributed by atoms with Crippen molar-refractivity contribution in [3.05, 3.63) is 22.2 Å². The molecule has 2 N–H and O–H groups in total. The van der Waals surface area contributed by atoms with E-state index in [1.54, 1.807) is 23.4 Å². The molecule has 0 amide bonds. The maximum Gasteiger partial charge on any atom is 0.243 e. The van der Waals surface area contributed by atoms with Crippen LogP contribution in [0.5, 0.6) is 0 Å². The van der Waals surface area contributed by atoms with Gasteiger partial charge in [-0.15, -0.1) is 0 Å². The van der Waals surface area contributed by atoms with Gasteiger partial charge in [0.2, 0.25) is 10.0 Å². The van der Waals surface area contributed by atoms with Crippen LogP contribution in [0.4, 0.5) is 5.69 Å². The zero-order valence-corrected chi connectivity index (χ0v) is 14.5. The van der Waals surface area contributed by atoms with Crippen molar-refractivity contribution in [2.45, 2.75) is 30.7 Å². The molecule has 5 nitrogen and oxygen atoms in total. The smallest absolute Gasteiger partial charge is 0.243 e. The predicted octanol–water partition coefficient (Wildman–Crippen LogP) is 1.81. The molecule has 21 heavy (non-hydrogen) atoms. The number of nitrogens with zero attached hydrogens (tertiary/aromatic N) is 2. The van der Waals surface area contributed by atoms with Gasteiger partial charge >= 0.3 is 0 Å². The fourth-order valence-electron chi connectivity index (χ4n) is 3.26. The highest BCUT2D eigenvalue weighted by Gasteiger charge is 2.37. The molecule has 0 bridgehead atoms. The lowest BCUT2D eigenvalue weighted by atomic mass is 10.2. The van der Waals surface area contributed by atoms with Crippen LogP contribution < -0.4 is 5.73 Å². The van der Waals surface area contributed by atoms with Gasteiger partial charge in [-0.1, -0.05) is 15.9 Å². The Morgan fingerprint density at radius 1 is 1.29 bits per heavy atom. The number of halogens is 1. The standard InChI is InChI=1S/C14H20BrN3O2S/c1-10-13(16)7-11(15)8-14(10)21(19,20)18-6-5-17-4-2-3-12(17)9-18/h7-8,12H,2-6,9,16H2,1H3. The monoisotopic (exact) mass is 373 g/mol. The molecule has 0 saturated carbocycles. The van der Waals surface area contributed by atoms with Crippen LogP contribution in [0, 0.1) is 6.92 Å². The lowest BCUT2D eigenvalue weighted by Crippen LogP contribution is -2.52. The number of hydrogen-bond acceptors (Lipinski definition) is 4. The summed E-state index contributed by atoms with van der Waals surface area (Å²) in [4.78, 5) is 2.72. The van der Waals surface area contributed by atoms with Crippen LogP contribution in [0.2, 0.25) is 0 Å². The van der Waals surface area contributed by atoms with Gasteiger partial charge < -0.3 is 5.73 Å². The molecule has 2 saturated heterocycles. The Kier molecular flexibility index (Phi) is 4.02. The van der Waals surface area contributed by atoms with Crippen molar-refractivity contribution in [3.63, 3.8) is 0 Å². The van der Waals surface area contributed by atoms with E-state index in [4.69, 9.17) is 5.73 Å². The maximum atomic E-state index is 12.9. The molecule has 1 aromatic carbocycles. The largest absolute Gasteiger partial charge is 0.398 e. The SMILES string of the molecule is Cc1c(N)cc(Br)cc1S(=O)(=O)N1CCN2CCCC2C1. The molecule has 3 rings (SSSR count). The fraction of sp³-hybridized carbons (Fsp3) is 0.571. The fourth-order valence-corrected chi connectivity index (χ4v) is 5.64. The molecule has 0 radical (unpaired) electrons. The Hall–Kier alpha value is -0.630. The summed E-state index contributed by atoms with van der Waals surface area (Å²) in [6.07, 6.45) is 2.26. The highest BCUT2D eigenvalue weighted by Crippen LogP contribution is 2.31. The van der Waals surface area contributed by atoms with E-state index in [1.165, 1.54) is 6.42 Å². The van der Waals surface area contributed by atoms with Crippen LogP contribution in [-0.2, 0) is 10.0 Å². The molecule has 2 aliphatic heterocycles. The minimum atomic E-state index is -3.48. The van der Waals surface area contributed by atoms with Crippen LogP contribution in [-0.4, -0.2) is 49.8 Å². The Labute approximate surface area is 134 Å². The van der Waals surface area contributed by atoms with E-state index < -0.39 is 10.0 Å². The van der Waals surface area contributed by atoms with Crippen molar-refractivity contribution >= 4 is 31.6 Å². The lowest BCUT2D eigenvalue weighted by Gasteiger charge is -2.36. The molecule has 0 aliphatic carbocycles. The Morgan fingerprint density at radius 2 is 2.05 bits per heavy atom. The van der Waals surface area contributed by atoms with Crippen molar-refractivity contribution in [1.29, 1.82) is 0 Å². The molecule has 2 fully saturated rings. The van der Waals surface area contributed by atoms with Crippen LogP contribution in [0.15, 0.2) is 21.5 Å². The van der Waals surface area contributed by atoms with Crippen LogP contribution in [0.25, 0.3) is 0 Å². The van der Waals surface area contributed by atoms with E-state index in [0.717, 1.165) is 19.5 Å². The number of benzene rings is 1. The molecule has 7 heteroatoms.